The lowest BCUT2D eigenvalue weighted by atomic mass is 10.1. The topological polar surface area (TPSA) is 12.0 Å². The van der Waals surface area contributed by atoms with E-state index < -0.39 is 0 Å². The molecule has 0 saturated heterocycles. The molecule has 88 valence electrons. The van der Waals surface area contributed by atoms with E-state index in [2.05, 4.69) is 28.2 Å². The van der Waals surface area contributed by atoms with Crippen LogP contribution in [0.1, 0.15) is 12.5 Å². The van der Waals surface area contributed by atoms with Crippen molar-refractivity contribution in [3.63, 3.8) is 0 Å². The number of rotatable bonds is 3. The van der Waals surface area contributed by atoms with Crippen LogP contribution >= 0.6 is 27.5 Å². The number of benzene rings is 2. The number of alkyl halides is 1. The lowest BCUT2D eigenvalue weighted by Gasteiger charge is -2.26. The van der Waals surface area contributed by atoms with E-state index in [1.807, 2.05) is 54.6 Å². The van der Waals surface area contributed by atoms with E-state index in [9.17, 15) is 0 Å². The zero-order valence-electron chi connectivity index (χ0n) is 9.45. The van der Waals surface area contributed by atoms with Crippen LogP contribution in [0.3, 0.4) is 0 Å². The molecule has 1 nitrogen and oxygen atoms in total. The van der Waals surface area contributed by atoms with E-state index in [4.69, 9.17) is 11.6 Å². The number of anilines is 1. The second kappa shape index (κ2) is 5.11. The van der Waals surface area contributed by atoms with Crippen molar-refractivity contribution < 1.29 is 0 Å². The molecule has 17 heavy (non-hydrogen) atoms. The minimum atomic E-state index is -0.307. The second-order valence-corrected chi connectivity index (χ2v) is 6.02. The van der Waals surface area contributed by atoms with Crippen molar-refractivity contribution in [1.82, 2.24) is 0 Å². The number of nitrogens with one attached hydrogen (secondary N) is 1. The fourth-order valence-electron chi connectivity index (χ4n) is 1.63. The van der Waals surface area contributed by atoms with Crippen molar-refractivity contribution in [2.45, 2.75) is 11.4 Å². The van der Waals surface area contributed by atoms with Crippen LogP contribution in [0.4, 0.5) is 5.69 Å². The minimum Gasteiger partial charge on any atom is -0.367 e. The third-order valence-corrected chi connectivity index (χ3v) is 3.45. The Morgan fingerprint density at radius 3 is 2.18 bits per heavy atom. The molecule has 1 atom stereocenters. The summed E-state index contributed by atoms with van der Waals surface area (Å²) in [5.41, 5.74) is 2.20. The summed E-state index contributed by atoms with van der Waals surface area (Å²) in [5.74, 6) is 0. The third kappa shape index (κ3) is 3.24. The number of halogens is 2. The standard InChI is InChI=1S/C14H13BrClN/c1-14(15,11-7-9-12(16)10-8-11)17-13-5-3-2-4-6-13/h2-10,17H,1H3. The molecule has 0 amide bonds. The van der Waals surface area contributed by atoms with Gasteiger partial charge in [-0.25, -0.2) is 0 Å². The molecule has 0 aliphatic carbocycles. The van der Waals surface area contributed by atoms with Crippen molar-refractivity contribution in [3.05, 3.63) is 65.2 Å². The lowest BCUT2D eigenvalue weighted by molar-refractivity contribution is 0.823. The van der Waals surface area contributed by atoms with E-state index in [-0.39, 0.29) is 4.45 Å². The Hall–Kier alpha value is -0.990. The highest BCUT2D eigenvalue weighted by Crippen LogP contribution is 2.32. The quantitative estimate of drug-likeness (QED) is 0.620. The summed E-state index contributed by atoms with van der Waals surface area (Å²) < 4.78 is -0.307. The lowest BCUT2D eigenvalue weighted by Crippen LogP contribution is -2.24. The normalized spacial score (nSPS) is 14.1. The maximum Gasteiger partial charge on any atom is 0.116 e. The largest absolute Gasteiger partial charge is 0.367 e. The van der Waals surface area contributed by atoms with Crippen molar-refractivity contribution in [2.24, 2.45) is 0 Å². The number of para-hydroxylation sites is 1. The Morgan fingerprint density at radius 2 is 1.59 bits per heavy atom. The smallest absolute Gasteiger partial charge is 0.116 e. The van der Waals surface area contributed by atoms with Gasteiger partial charge in [0.25, 0.3) is 0 Å². The van der Waals surface area contributed by atoms with Gasteiger partial charge in [-0.05, 0) is 36.8 Å². The fraction of sp³-hybridized carbons (Fsp3) is 0.143. The van der Waals surface area contributed by atoms with Crippen LogP contribution in [0.25, 0.3) is 0 Å². The summed E-state index contributed by atoms with van der Waals surface area (Å²) in [5, 5.41) is 4.17. The molecule has 2 aromatic rings. The molecule has 0 fully saturated rings. The Balaban J connectivity index is 2.21. The highest BCUT2D eigenvalue weighted by Gasteiger charge is 2.22. The molecule has 0 spiro atoms. The Bertz CT molecular complexity index is 479. The molecule has 0 aliphatic rings. The van der Waals surface area contributed by atoms with Crippen molar-refractivity contribution in [3.8, 4) is 0 Å². The highest BCUT2D eigenvalue weighted by atomic mass is 79.9. The second-order valence-electron chi connectivity index (χ2n) is 4.00. The SMILES string of the molecule is CC(Br)(Nc1ccccc1)c1ccc(Cl)cc1. The third-order valence-electron chi connectivity index (χ3n) is 2.54. The fourth-order valence-corrected chi connectivity index (χ4v) is 2.25. The maximum atomic E-state index is 5.89. The molecule has 0 radical (unpaired) electrons. The summed E-state index contributed by atoms with van der Waals surface area (Å²) in [6, 6.07) is 17.9. The van der Waals surface area contributed by atoms with Gasteiger partial charge in [0.2, 0.25) is 0 Å². The van der Waals surface area contributed by atoms with Gasteiger partial charge in [0.1, 0.15) is 4.45 Å². The molecule has 0 heterocycles. The highest BCUT2D eigenvalue weighted by molar-refractivity contribution is 9.09. The number of hydrogen-bond acceptors (Lipinski definition) is 1. The zero-order chi connectivity index (χ0) is 12.3. The van der Waals surface area contributed by atoms with Crippen LogP contribution < -0.4 is 5.32 Å². The molecular formula is C14H13BrClN. The first-order valence-corrected chi connectivity index (χ1v) is 6.53. The van der Waals surface area contributed by atoms with Gasteiger partial charge in [-0.2, -0.15) is 0 Å². The first-order valence-electron chi connectivity index (χ1n) is 5.36. The molecule has 0 aliphatic heterocycles. The Labute approximate surface area is 115 Å². The molecule has 1 unspecified atom stereocenters. The average molecular weight is 311 g/mol. The van der Waals surface area contributed by atoms with Gasteiger partial charge >= 0.3 is 0 Å². The van der Waals surface area contributed by atoms with Gasteiger partial charge in [0.15, 0.2) is 0 Å². The summed E-state index contributed by atoms with van der Waals surface area (Å²) in [4.78, 5) is 0. The van der Waals surface area contributed by atoms with E-state index in [0.29, 0.717) is 0 Å². The van der Waals surface area contributed by atoms with Crippen molar-refractivity contribution >= 4 is 33.2 Å². The Kier molecular flexibility index (Phi) is 3.75. The maximum absolute atomic E-state index is 5.89. The average Bonchev–Trinajstić information content (AvgIpc) is 2.30. The molecule has 0 saturated carbocycles. The van der Waals surface area contributed by atoms with E-state index in [0.717, 1.165) is 16.3 Å². The van der Waals surface area contributed by atoms with Crippen LogP contribution in [-0.4, -0.2) is 0 Å². The van der Waals surface area contributed by atoms with Crippen LogP contribution in [0.2, 0.25) is 5.02 Å². The molecule has 0 bridgehead atoms. The summed E-state index contributed by atoms with van der Waals surface area (Å²) >= 11 is 9.58. The molecule has 0 aromatic heterocycles. The first-order chi connectivity index (χ1) is 8.08. The summed E-state index contributed by atoms with van der Waals surface area (Å²) in [6.45, 7) is 2.07. The van der Waals surface area contributed by atoms with Crippen molar-refractivity contribution in [1.29, 1.82) is 0 Å². The first kappa shape index (κ1) is 12.5. The molecule has 1 N–H and O–H groups in total. The predicted molar refractivity (Wildman–Crippen MR) is 77.8 cm³/mol. The molecular weight excluding hydrogens is 298 g/mol. The predicted octanol–water partition coefficient (Wildman–Crippen LogP) is 5.02. The van der Waals surface area contributed by atoms with Gasteiger partial charge in [-0.15, -0.1) is 0 Å². The minimum absolute atomic E-state index is 0.307. The van der Waals surface area contributed by atoms with Crippen LogP contribution in [-0.2, 0) is 4.45 Å². The number of hydrogen-bond donors (Lipinski definition) is 1. The summed E-state index contributed by atoms with van der Waals surface area (Å²) in [7, 11) is 0. The van der Waals surface area contributed by atoms with Crippen molar-refractivity contribution in [2.75, 3.05) is 5.32 Å². The Morgan fingerprint density at radius 1 is 1.00 bits per heavy atom. The monoisotopic (exact) mass is 309 g/mol. The van der Waals surface area contributed by atoms with Crippen LogP contribution in [0.5, 0.6) is 0 Å². The van der Waals surface area contributed by atoms with Crippen LogP contribution in [0, 0.1) is 0 Å². The van der Waals surface area contributed by atoms with Gasteiger partial charge in [-0.3, -0.25) is 0 Å². The summed E-state index contributed by atoms with van der Waals surface area (Å²) in [6.07, 6.45) is 0. The van der Waals surface area contributed by atoms with E-state index in [1.54, 1.807) is 0 Å². The zero-order valence-corrected chi connectivity index (χ0v) is 11.8. The molecule has 3 heteroatoms. The van der Waals surface area contributed by atoms with Gasteiger partial charge in [0, 0.05) is 10.7 Å². The van der Waals surface area contributed by atoms with Gasteiger partial charge in [-0.1, -0.05) is 57.9 Å². The van der Waals surface area contributed by atoms with E-state index in [1.165, 1.54) is 0 Å². The van der Waals surface area contributed by atoms with Gasteiger partial charge in [0.05, 0.1) is 0 Å². The van der Waals surface area contributed by atoms with E-state index >= 15 is 0 Å². The van der Waals surface area contributed by atoms with Gasteiger partial charge < -0.3 is 5.32 Å². The molecule has 2 aromatic carbocycles. The molecule has 2 rings (SSSR count). The van der Waals surface area contributed by atoms with Crippen LogP contribution in [0.15, 0.2) is 54.6 Å².